The summed E-state index contributed by atoms with van der Waals surface area (Å²) in [6, 6.07) is 3.74. The highest BCUT2D eigenvalue weighted by Gasteiger charge is 2.18. The normalized spacial score (nSPS) is 13.1. The van der Waals surface area contributed by atoms with Crippen molar-refractivity contribution < 1.29 is 14.6 Å². The quantitative estimate of drug-likeness (QED) is 0.925. The minimum atomic E-state index is -0.927. The highest BCUT2D eigenvalue weighted by Crippen LogP contribution is 2.33. The molecule has 0 unspecified atom stereocenters. The highest BCUT2D eigenvalue weighted by atomic mass is 35.5. The number of ether oxygens (including phenoxy) is 1. The first-order valence-electron chi connectivity index (χ1n) is 6.17. The van der Waals surface area contributed by atoms with Gasteiger partial charge in [0, 0.05) is 23.2 Å². The van der Waals surface area contributed by atoms with E-state index in [4.69, 9.17) is 21.4 Å². The summed E-state index contributed by atoms with van der Waals surface area (Å²) >= 11 is 6.09. The zero-order valence-corrected chi connectivity index (χ0v) is 11.3. The van der Waals surface area contributed by atoms with E-state index in [0.717, 1.165) is 23.3 Å². The van der Waals surface area contributed by atoms with Crippen LogP contribution < -0.4 is 4.74 Å². The van der Waals surface area contributed by atoms with Crippen molar-refractivity contribution in [2.45, 2.75) is 19.4 Å². The molecule has 0 atom stereocenters. The average Bonchev–Trinajstić information content (AvgIpc) is 2.97. The predicted molar refractivity (Wildman–Crippen MR) is 71.1 cm³/mol. The molecule has 0 aliphatic carbocycles. The molecule has 3 rings (SSSR count). The molecular formula is C13H12ClN3O3. The van der Waals surface area contributed by atoms with Crippen molar-refractivity contribution in [2.75, 3.05) is 6.61 Å². The summed E-state index contributed by atoms with van der Waals surface area (Å²) in [5, 5.41) is 17.1. The van der Waals surface area contributed by atoms with E-state index in [9.17, 15) is 4.79 Å². The van der Waals surface area contributed by atoms with Crippen molar-refractivity contribution in [3.05, 3.63) is 40.2 Å². The average molecular weight is 294 g/mol. The SMILES string of the molecule is O=C(O)Cc1cn(Cc2cc(Cl)cc3c2OCC3)nn1. The van der Waals surface area contributed by atoms with Crippen LogP contribution in [-0.4, -0.2) is 32.7 Å². The van der Waals surface area contributed by atoms with Gasteiger partial charge >= 0.3 is 5.97 Å². The van der Waals surface area contributed by atoms with E-state index in [0.29, 0.717) is 23.9 Å². The van der Waals surface area contributed by atoms with Crippen LogP contribution in [0.15, 0.2) is 18.3 Å². The van der Waals surface area contributed by atoms with E-state index in [2.05, 4.69) is 10.3 Å². The smallest absolute Gasteiger partial charge is 0.309 e. The summed E-state index contributed by atoms with van der Waals surface area (Å²) in [5.74, 6) is -0.0753. The molecule has 0 fully saturated rings. The van der Waals surface area contributed by atoms with Gasteiger partial charge in [-0.3, -0.25) is 4.79 Å². The van der Waals surface area contributed by atoms with Gasteiger partial charge in [-0.05, 0) is 17.7 Å². The number of carboxylic acid groups (broad SMARTS) is 1. The first-order valence-corrected chi connectivity index (χ1v) is 6.54. The van der Waals surface area contributed by atoms with Crippen LogP contribution in [0.4, 0.5) is 0 Å². The summed E-state index contributed by atoms with van der Waals surface area (Å²) in [7, 11) is 0. The minimum Gasteiger partial charge on any atom is -0.493 e. The zero-order valence-electron chi connectivity index (χ0n) is 10.5. The Hall–Kier alpha value is -2.08. The number of hydrogen-bond donors (Lipinski definition) is 1. The maximum Gasteiger partial charge on any atom is 0.309 e. The molecule has 7 heteroatoms. The fraction of sp³-hybridized carbons (Fsp3) is 0.308. The molecule has 2 aromatic rings. The lowest BCUT2D eigenvalue weighted by Crippen LogP contribution is -2.03. The number of nitrogens with zero attached hydrogens (tertiary/aromatic N) is 3. The second kappa shape index (κ2) is 5.13. The number of carboxylic acids is 1. The number of fused-ring (bicyclic) bond motifs is 1. The molecule has 0 amide bonds. The Morgan fingerprint density at radius 3 is 3.15 bits per heavy atom. The number of hydrogen-bond acceptors (Lipinski definition) is 4. The summed E-state index contributed by atoms with van der Waals surface area (Å²) in [6.07, 6.45) is 2.34. The Bertz CT molecular complexity index is 669. The van der Waals surface area contributed by atoms with E-state index in [1.807, 2.05) is 12.1 Å². The maximum atomic E-state index is 10.6. The Balaban J connectivity index is 1.84. The van der Waals surface area contributed by atoms with Gasteiger partial charge in [-0.25, -0.2) is 4.68 Å². The standard InChI is InChI=1S/C13H12ClN3O3/c14-10-3-8-1-2-20-13(8)9(4-10)6-17-7-11(15-16-17)5-12(18)19/h3-4,7H,1-2,5-6H2,(H,18,19). The molecule has 104 valence electrons. The van der Waals surface area contributed by atoms with E-state index < -0.39 is 5.97 Å². The molecular weight excluding hydrogens is 282 g/mol. The summed E-state index contributed by atoms with van der Waals surface area (Å²) in [6.45, 7) is 1.11. The van der Waals surface area contributed by atoms with Crippen LogP contribution in [0.5, 0.6) is 5.75 Å². The third-order valence-electron chi connectivity index (χ3n) is 3.08. The number of rotatable bonds is 4. The lowest BCUT2D eigenvalue weighted by atomic mass is 10.1. The van der Waals surface area contributed by atoms with Crippen LogP contribution in [-0.2, 0) is 24.2 Å². The molecule has 1 aliphatic heterocycles. The lowest BCUT2D eigenvalue weighted by molar-refractivity contribution is -0.136. The van der Waals surface area contributed by atoms with Crippen molar-refractivity contribution in [1.29, 1.82) is 0 Å². The van der Waals surface area contributed by atoms with Crippen LogP contribution in [0.1, 0.15) is 16.8 Å². The number of carbonyl (C=O) groups is 1. The topological polar surface area (TPSA) is 77.2 Å². The van der Waals surface area contributed by atoms with Crippen molar-refractivity contribution in [3.63, 3.8) is 0 Å². The predicted octanol–water partition coefficient (Wildman–Crippen LogP) is 1.54. The number of benzene rings is 1. The van der Waals surface area contributed by atoms with Crippen LogP contribution >= 0.6 is 11.6 Å². The van der Waals surface area contributed by atoms with Gasteiger partial charge in [0.05, 0.1) is 25.3 Å². The molecule has 0 spiro atoms. The molecule has 0 bridgehead atoms. The van der Waals surface area contributed by atoms with Crippen molar-refractivity contribution in [1.82, 2.24) is 15.0 Å². The van der Waals surface area contributed by atoms with Gasteiger partial charge in [0.1, 0.15) is 5.75 Å². The number of aromatic nitrogens is 3. The van der Waals surface area contributed by atoms with Gasteiger partial charge in [-0.1, -0.05) is 16.8 Å². The Kier molecular flexibility index (Phi) is 3.31. The van der Waals surface area contributed by atoms with Gasteiger partial charge in [-0.15, -0.1) is 5.10 Å². The van der Waals surface area contributed by atoms with E-state index >= 15 is 0 Å². The first-order chi connectivity index (χ1) is 9.61. The van der Waals surface area contributed by atoms with Crippen LogP contribution in [0.3, 0.4) is 0 Å². The van der Waals surface area contributed by atoms with Crippen LogP contribution in [0, 0.1) is 0 Å². The second-order valence-corrected chi connectivity index (χ2v) is 5.07. The monoisotopic (exact) mass is 293 g/mol. The molecule has 2 heterocycles. The molecule has 1 N–H and O–H groups in total. The molecule has 1 aromatic carbocycles. The summed E-state index contributed by atoms with van der Waals surface area (Å²) in [4.78, 5) is 10.6. The Labute approximate surface area is 119 Å². The molecule has 0 saturated carbocycles. The number of aliphatic carboxylic acids is 1. The van der Waals surface area contributed by atoms with Crippen molar-refractivity contribution in [2.24, 2.45) is 0 Å². The third kappa shape index (κ3) is 2.60. The fourth-order valence-electron chi connectivity index (χ4n) is 2.29. The van der Waals surface area contributed by atoms with E-state index in [1.54, 1.807) is 10.9 Å². The van der Waals surface area contributed by atoms with Gasteiger partial charge in [0.15, 0.2) is 0 Å². The summed E-state index contributed by atoms with van der Waals surface area (Å²) < 4.78 is 7.20. The Morgan fingerprint density at radius 2 is 2.35 bits per heavy atom. The minimum absolute atomic E-state index is 0.135. The molecule has 0 saturated heterocycles. The van der Waals surface area contributed by atoms with E-state index in [-0.39, 0.29) is 6.42 Å². The molecule has 0 radical (unpaired) electrons. The van der Waals surface area contributed by atoms with Crippen molar-refractivity contribution >= 4 is 17.6 Å². The number of halogens is 1. The van der Waals surface area contributed by atoms with Gasteiger partial charge in [0.25, 0.3) is 0 Å². The van der Waals surface area contributed by atoms with Crippen molar-refractivity contribution in [3.8, 4) is 5.75 Å². The molecule has 6 nitrogen and oxygen atoms in total. The van der Waals surface area contributed by atoms with Crippen LogP contribution in [0.2, 0.25) is 5.02 Å². The van der Waals surface area contributed by atoms with Gasteiger partial charge in [0.2, 0.25) is 0 Å². The van der Waals surface area contributed by atoms with Gasteiger partial charge in [-0.2, -0.15) is 0 Å². The lowest BCUT2D eigenvalue weighted by Gasteiger charge is -2.08. The molecule has 1 aliphatic rings. The molecule has 20 heavy (non-hydrogen) atoms. The van der Waals surface area contributed by atoms with Crippen LogP contribution in [0.25, 0.3) is 0 Å². The largest absolute Gasteiger partial charge is 0.493 e. The zero-order chi connectivity index (χ0) is 14.1. The van der Waals surface area contributed by atoms with Gasteiger partial charge < -0.3 is 9.84 Å². The first kappa shape index (κ1) is 12.9. The third-order valence-corrected chi connectivity index (χ3v) is 3.29. The van der Waals surface area contributed by atoms with E-state index in [1.165, 1.54) is 0 Å². The molecule has 1 aromatic heterocycles. The second-order valence-electron chi connectivity index (χ2n) is 4.63. The maximum absolute atomic E-state index is 10.6. The highest BCUT2D eigenvalue weighted by molar-refractivity contribution is 6.30. The fourth-order valence-corrected chi connectivity index (χ4v) is 2.55. The summed E-state index contributed by atoms with van der Waals surface area (Å²) in [5.41, 5.74) is 2.45. The Morgan fingerprint density at radius 1 is 1.50 bits per heavy atom.